The number of thioether (sulfide) groups is 1. The lowest BCUT2D eigenvalue weighted by molar-refractivity contribution is -0.130. The summed E-state index contributed by atoms with van der Waals surface area (Å²) < 4.78 is 10.6. The van der Waals surface area contributed by atoms with Crippen molar-refractivity contribution in [1.82, 2.24) is 10.2 Å². The zero-order valence-corrected chi connectivity index (χ0v) is 17.2. The topological polar surface area (TPSA) is 50.8 Å². The van der Waals surface area contributed by atoms with Gasteiger partial charge in [0.2, 0.25) is 5.91 Å². The summed E-state index contributed by atoms with van der Waals surface area (Å²) in [5.74, 6) is 4.07. The van der Waals surface area contributed by atoms with Crippen LogP contribution in [0.25, 0.3) is 0 Å². The minimum Gasteiger partial charge on any atom is -0.493 e. The highest BCUT2D eigenvalue weighted by molar-refractivity contribution is 7.99. The van der Waals surface area contributed by atoms with Gasteiger partial charge in [-0.15, -0.1) is 24.2 Å². The van der Waals surface area contributed by atoms with Gasteiger partial charge in [-0.05, 0) is 56.0 Å². The predicted octanol–water partition coefficient (Wildman–Crippen LogP) is 3.07. The van der Waals surface area contributed by atoms with Gasteiger partial charge in [0.25, 0.3) is 0 Å². The van der Waals surface area contributed by atoms with Crippen molar-refractivity contribution in [2.45, 2.75) is 24.2 Å². The number of nitrogens with zero attached hydrogens (tertiary/aromatic N) is 1. The number of hydrogen-bond donors (Lipinski definition) is 1. The van der Waals surface area contributed by atoms with Gasteiger partial charge in [-0.2, -0.15) is 0 Å². The largest absolute Gasteiger partial charge is 0.493 e. The zero-order chi connectivity index (χ0) is 17.6. The highest BCUT2D eigenvalue weighted by Gasteiger charge is 2.31. The number of halogens is 1. The maximum Gasteiger partial charge on any atom is 0.223 e. The molecule has 1 aromatic carbocycles. The molecule has 3 rings (SSSR count). The lowest BCUT2D eigenvalue weighted by atomic mass is 9.92. The van der Waals surface area contributed by atoms with Crippen molar-refractivity contribution in [3.63, 3.8) is 0 Å². The Morgan fingerprint density at radius 2 is 1.81 bits per heavy atom. The van der Waals surface area contributed by atoms with E-state index >= 15 is 0 Å². The van der Waals surface area contributed by atoms with Gasteiger partial charge in [0.1, 0.15) is 0 Å². The third-order valence-corrected chi connectivity index (χ3v) is 6.31. The van der Waals surface area contributed by atoms with E-state index in [0.29, 0.717) is 12.3 Å². The van der Waals surface area contributed by atoms with E-state index in [-0.39, 0.29) is 12.4 Å². The van der Waals surface area contributed by atoms with Crippen LogP contribution in [0.3, 0.4) is 0 Å². The van der Waals surface area contributed by atoms with Crippen LogP contribution in [0.2, 0.25) is 0 Å². The van der Waals surface area contributed by atoms with Crippen molar-refractivity contribution in [1.29, 1.82) is 0 Å². The maximum atomic E-state index is 12.5. The first-order chi connectivity index (χ1) is 12.2. The summed E-state index contributed by atoms with van der Waals surface area (Å²) in [5, 5.41) is 3.48. The minimum absolute atomic E-state index is 0. The molecule has 2 saturated heterocycles. The number of rotatable bonds is 6. The molecule has 0 bridgehead atoms. The van der Waals surface area contributed by atoms with Crippen LogP contribution in [-0.2, 0) is 4.79 Å². The highest BCUT2D eigenvalue weighted by Crippen LogP contribution is 2.32. The van der Waals surface area contributed by atoms with Gasteiger partial charge >= 0.3 is 0 Å². The molecule has 0 unspecified atom stereocenters. The van der Waals surface area contributed by atoms with Gasteiger partial charge in [-0.3, -0.25) is 4.79 Å². The van der Waals surface area contributed by atoms with E-state index in [1.807, 2.05) is 18.2 Å². The number of carbonyl (C=O) groups excluding carboxylic acids is 1. The molecule has 26 heavy (non-hydrogen) atoms. The van der Waals surface area contributed by atoms with Gasteiger partial charge in [0.05, 0.1) is 14.2 Å². The fraction of sp³-hybridized carbons (Fsp3) is 0.632. The number of carbonyl (C=O) groups is 1. The molecule has 1 amide bonds. The quantitative estimate of drug-likeness (QED) is 0.744. The van der Waals surface area contributed by atoms with E-state index in [9.17, 15) is 4.79 Å². The van der Waals surface area contributed by atoms with E-state index in [1.54, 1.807) is 26.0 Å². The highest BCUT2D eigenvalue weighted by atomic mass is 35.5. The van der Waals surface area contributed by atoms with Gasteiger partial charge in [-0.25, -0.2) is 0 Å². The van der Waals surface area contributed by atoms with Crippen molar-refractivity contribution in [3.05, 3.63) is 18.2 Å². The van der Waals surface area contributed by atoms with Crippen molar-refractivity contribution < 1.29 is 14.3 Å². The molecule has 1 N–H and O–H groups in total. The molecule has 1 aromatic rings. The van der Waals surface area contributed by atoms with Crippen molar-refractivity contribution in [2.75, 3.05) is 46.2 Å². The second-order valence-corrected chi connectivity index (χ2v) is 7.92. The normalized spacial score (nSPS) is 22.2. The fourth-order valence-electron chi connectivity index (χ4n) is 3.79. The van der Waals surface area contributed by atoms with Crippen molar-refractivity contribution in [2.24, 2.45) is 11.8 Å². The molecular weight excluding hydrogens is 372 g/mol. The van der Waals surface area contributed by atoms with Gasteiger partial charge in [-0.1, -0.05) is 0 Å². The number of nitrogens with one attached hydrogen (secondary N) is 1. The van der Waals surface area contributed by atoms with Gasteiger partial charge in [0.15, 0.2) is 11.5 Å². The number of ether oxygens (including phenoxy) is 2. The minimum atomic E-state index is 0. The summed E-state index contributed by atoms with van der Waals surface area (Å²) in [7, 11) is 3.27. The molecule has 2 aliphatic rings. The van der Waals surface area contributed by atoms with Crippen LogP contribution in [-0.4, -0.2) is 57.0 Å². The van der Waals surface area contributed by atoms with Crippen LogP contribution in [0.4, 0.5) is 0 Å². The Bertz CT molecular complexity index is 588. The Hall–Kier alpha value is -1.11. The summed E-state index contributed by atoms with van der Waals surface area (Å²) in [4.78, 5) is 15.7. The third kappa shape index (κ3) is 5.21. The smallest absolute Gasteiger partial charge is 0.223 e. The SMILES string of the molecule is COc1ccc(SCCC(=O)N2CC[C@@H]3CNC[C@@H]3CC2)cc1OC.Cl. The molecule has 2 aliphatic heterocycles. The van der Waals surface area contributed by atoms with E-state index in [0.717, 1.165) is 73.0 Å². The van der Waals surface area contributed by atoms with Crippen LogP contribution >= 0.6 is 24.2 Å². The predicted molar refractivity (Wildman–Crippen MR) is 108 cm³/mol. The average molecular weight is 401 g/mol. The first kappa shape index (κ1) is 21.2. The molecule has 0 saturated carbocycles. The Balaban J connectivity index is 0.00000243. The van der Waals surface area contributed by atoms with Crippen LogP contribution in [0.1, 0.15) is 19.3 Å². The molecule has 5 nitrogen and oxygen atoms in total. The first-order valence-electron chi connectivity index (χ1n) is 9.04. The monoisotopic (exact) mass is 400 g/mol. The standard InChI is InChI=1S/C19H28N2O3S.ClH/c1-23-17-4-3-16(11-18(17)24-2)25-10-7-19(22)21-8-5-14-12-20-13-15(14)6-9-21;/h3-4,11,14-15,20H,5-10,12-13H2,1-2H3;1H/t14-,15+;. The molecule has 0 radical (unpaired) electrons. The summed E-state index contributed by atoms with van der Waals surface area (Å²) >= 11 is 1.69. The van der Waals surface area contributed by atoms with E-state index in [1.165, 1.54) is 0 Å². The molecule has 146 valence electrons. The number of likely N-dealkylation sites (tertiary alicyclic amines) is 1. The summed E-state index contributed by atoms with van der Waals surface area (Å²) in [6, 6.07) is 5.88. The lowest BCUT2D eigenvalue weighted by Gasteiger charge is -2.21. The van der Waals surface area contributed by atoms with E-state index < -0.39 is 0 Å². The number of amides is 1. The number of hydrogen-bond acceptors (Lipinski definition) is 5. The van der Waals surface area contributed by atoms with Crippen LogP contribution in [0.5, 0.6) is 11.5 Å². The van der Waals surface area contributed by atoms with Crippen molar-refractivity contribution in [3.8, 4) is 11.5 Å². The molecular formula is C19H29ClN2O3S. The third-order valence-electron chi connectivity index (χ3n) is 5.31. The van der Waals surface area contributed by atoms with Crippen LogP contribution < -0.4 is 14.8 Å². The molecule has 0 spiro atoms. The maximum absolute atomic E-state index is 12.5. The number of methoxy groups -OCH3 is 2. The zero-order valence-electron chi connectivity index (χ0n) is 15.5. The first-order valence-corrected chi connectivity index (χ1v) is 10.0. The number of benzene rings is 1. The lowest BCUT2D eigenvalue weighted by Crippen LogP contribution is -2.32. The van der Waals surface area contributed by atoms with Crippen LogP contribution in [0.15, 0.2) is 23.1 Å². The second kappa shape index (κ2) is 10.3. The summed E-state index contributed by atoms with van der Waals surface area (Å²) in [6.07, 6.45) is 2.88. The molecule has 0 aliphatic carbocycles. The Labute approximate surface area is 166 Å². The van der Waals surface area contributed by atoms with E-state index in [4.69, 9.17) is 9.47 Å². The van der Waals surface area contributed by atoms with Gasteiger partial charge in [0, 0.05) is 30.2 Å². The summed E-state index contributed by atoms with van der Waals surface area (Å²) in [6.45, 7) is 4.09. The average Bonchev–Trinajstić information content (AvgIpc) is 2.99. The fourth-order valence-corrected chi connectivity index (χ4v) is 4.66. The van der Waals surface area contributed by atoms with E-state index in [2.05, 4.69) is 10.2 Å². The molecule has 7 heteroatoms. The second-order valence-electron chi connectivity index (χ2n) is 6.75. The molecule has 2 heterocycles. The molecule has 2 fully saturated rings. The molecule has 2 atom stereocenters. The Morgan fingerprint density at radius 1 is 1.15 bits per heavy atom. The Kier molecular flexibility index (Phi) is 8.38. The van der Waals surface area contributed by atoms with Crippen LogP contribution in [0, 0.1) is 11.8 Å². The number of fused-ring (bicyclic) bond motifs is 1. The van der Waals surface area contributed by atoms with Crippen molar-refractivity contribution >= 4 is 30.1 Å². The Morgan fingerprint density at radius 3 is 2.42 bits per heavy atom. The molecule has 0 aromatic heterocycles. The van der Waals surface area contributed by atoms with Gasteiger partial charge < -0.3 is 19.7 Å². The summed E-state index contributed by atoms with van der Waals surface area (Å²) in [5.41, 5.74) is 0.